The summed E-state index contributed by atoms with van der Waals surface area (Å²) in [5, 5.41) is 0. The Morgan fingerprint density at radius 2 is 1.10 bits per heavy atom. The quantitative estimate of drug-likeness (QED) is 0.308. The van der Waals surface area contributed by atoms with Crippen LogP contribution in [0.25, 0.3) is 0 Å². The number of hydrogen-bond donors (Lipinski definition) is 0. The average Bonchev–Trinajstić information content (AvgIpc) is 2.23. The van der Waals surface area contributed by atoms with Crippen molar-refractivity contribution in [2.45, 2.75) is 33.2 Å². The van der Waals surface area contributed by atoms with Crippen LogP contribution in [0.1, 0.15) is 25.7 Å². The van der Waals surface area contributed by atoms with Gasteiger partial charge in [0.2, 0.25) is 0 Å². The van der Waals surface area contributed by atoms with E-state index in [4.69, 9.17) is 94.8 Å². The van der Waals surface area contributed by atoms with Crippen LogP contribution in [0.2, 0.25) is 3.08 Å². The predicted molar refractivity (Wildman–Crippen MR) is 101 cm³/mol. The standard InChI is InChI=1S/C7H11Cl9Ge3O/c1-20-7(19(14,15)16)5-3-2-4-6(7,17(8,9)10)18(11,12)13/h2-5H2,1H3. The van der Waals surface area contributed by atoms with Gasteiger partial charge < -0.3 is 0 Å². The van der Waals surface area contributed by atoms with E-state index >= 15 is 0 Å². The minimum absolute atomic E-state index is 0.438. The molecule has 1 nitrogen and oxygen atoms in total. The van der Waals surface area contributed by atoms with Crippen molar-refractivity contribution in [3.8, 4) is 0 Å². The van der Waals surface area contributed by atoms with Gasteiger partial charge in [0.1, 0.15) is 0 Å². The van der Waals surface area contributed by atoms with E-state index in [1.54, 1.807) is 0 Å². The van der Waals surface area contributed by atoms with Gasteiger partial charge in [0.25, 0.3) is 0 Å². The number of rotatable bonds is 4. The molecule has 0 saturated heterocycles. The maximum atomic E-state index is 6.41. The molecule has 0 radical (unpaired) electrons. The number of ether oxygens (including phenoxy) is 1. The molecular formula is C7H11Cl9Ge3O. The van der Waals surface area contributed by atoms with E-state index in [1.165, 1.54) is 7.11 Å². The second-order valence-corrected chi connectivity index (χ2v) is 53.9. The number of methoxy groups -OCH3 is 1. The van der Waals surface area contributed by atoms with Gasteiger partial charge in [0.05, 0.1) is 0 Å². The first-order valence-corrected chi connectivity index (χ1v) is 33.5. The second kappa shape index (κ2) is 7.44. The van der Waals surface area contributed by atoms with E-state index in [0.717, 1.165) is 12.8 Å². The maximum absolute atomic E-state index is 6.41. The van der Waals surface area contributed by atoms with Gasteiger partial charge in [-0.3, -0.25) is 0 Å². The molecule has 1 unspecified atom stereocenters. The topological polar surface area (TPSA) is 9.23 Å². The second-order valence-electron chi connectivity index (χ2n) is 4.64. The third-order valence-electron chi connectivity index (χ3n) is 3.79. The molecule has 0 aliphatic heterocycles. The van der Waals surface area contributed by atoms with Gasteiger partial charge in [-0.05, 0) is 0 Å². The molecule has 0 aromatic heterocycles. The fourth-order valence-electron chi connectivity index (χ4n) is 2.86. The summed E-state index contributed by atoms with van der Waals surface area (Å²) in [5.74, 6) is 0. The molecule has 1 aliphatic rings. The Morgan fingerprint density at radius 1 is 0.700 bits per heavy atom. The van der Waals surface area contributed by atoms with Gasteiger partial charge in [-0.25, -0.2) is 0 Å². The van der Waals surface area contributed by atoms with Crippen molar-refractivity contribution in [3.63, 3.8) is 0 Å². The van der Waals surface area contributed by atoms with Gasteiger partial charge >= 0.3 is 167 Å². The molecule has 0 bridgehead atoms. The van der Waals surface area contributed by atoms with Gasteiger partial charge in [-0.15, -0.1) is 0 Å². The van der Waals surface area contributed by atoms with E-state index in [0.29, 0.717) is 12.8 Å². The fourth-order valence-corrected chi connectivity index (χ4v) is 80.7. The number of hydrogen-bond acceptors (Lipinski definition) is 1. The molecule has 0 aromatic rings. The Hall–Kier alpha value is 4.20. The Kier molecular flexibility index (Phi) is 8.27. The number of halogens is 9. The zero-order valence-electron chi connectivity index (χ0n) is 10.1. The van der Waals surface area contributed by atoms with Gasteiger partial charge in [0, 0.05) is 0 Å². The fraction of sp³-hybridized carbons (Fsp3) is 1.00. The Labute approximate surface area is 164 Å². The molecule has 1 rings (SSSR count). The molecule has 1 atom stereocenters. The van der Waals surface area contributed by atoms with Crippen LogP contribution >= 0.6 is 90.1 Å². The summed E-state index contributed by atoms with van der Waals surface area (Å²) in [6.07, 6.45) is 2.46. The van der Waals surface area contributed by atoms with Crippen molar-refractivity contribution in [3.05, 3.63) is 0 Å². The van der Waals surface area contributed by atoms with E-state index in [1.807, 2.05) is 0 Å². The summed E-state index contributed by atoms with van der Waals surface area (Å²) in [6, 6.07) is 0. The summed E-state index contributed by atoms with van der Waals surface area (Å²) in [6.45, 7) is 0. The van der Waals surface area contributed by atoms with Crippen LogP contribution in [-0.4, -0.2) is 43.0 Å². The van der Waals surface area contributed by atoms with Crippen molar-refractivity contribution < 1.29 is 4.74 Å². The summed E-state index contributed by atoms with van der Waals surface area (Å²) in [7, 11) is 46.7. The molecule has 0 heterocycles. The van der Waals surface area contributed by atoms with Crippen LogP contribution in [-0.2, 0) is 4.74 Å². The first kappa shape index (κ1) is 22.2. The van der Waals surface area contributed by atoms with Crippen LogP contribution in [0.5, 0.6) is 0 Å². The van der Waals surface area contributed by atoms with E-state index in [2.05, 4.69) is 0 Å². The summed E-state index contributed by atoms with van der Waals surface area (Å²) < 4.78 is 3.32. The van der Waals surface area contributed by atoms with Crippen LogP contribution in [0, 0.1) is 0 Å². The van der Waals surface area contributed by atoms with Crippen LogP contribution in [0.3, 0.4) is 0 Å². The third kappa shape index (κ3) is 3.66. The Balaban J connectivity index is 3.68. The van der Waals surface area contributed by atoms with Gasteiger partial charge in [-0.1, -0.05) is 0 Å². The molecule has 20 heavy (non-hydrogen) atoms. The Morgan fingerprint density at radius 3 is 1.35 bits per heavy atom. The zero-order chi connectivity index (χ0) is 16.0. The predicted octanol–water partition coefficient (Wildman–Crippen LogP) is 6.73. The zero-order valence-corrected chi connectivity index (χ0v) is 23.2. The summed E-state index contributed by atoms with van der Waals surface area (Å²) >= 11 is 0. The normalized spacial score (nSPS) is 28.5. The molecule has 0 amide bonds. The summed E-state index contributed by atoms with van der Waals surface area (Å²) in [5.41, 5.74) is 0. The minimum atomic E-state index is -4.11. The van der Waals surface area contributed by atoms with Gasteiger partial charge in [-0.2, -0.15) is 0 Å². The van der Waals surface area contributed by atoms with E-state index < -0.39 is 38.9 Å². The van der Waals surface area contributed by atoms with Crippen LogP contribution < -0.4 is 0 Å². The molecule has 0 N–H and O–H groups in total. The van der Waals surface area contributed by atoms with Crippen molar-refractivity contribution in [1.29, 1.82) is 0 Å². The Bertz CT molecular complexity index is 348. The van der Waals surface area contributed by atoms with E-state index in [-0.39, 0.29) is 0 Å². The molecule has 1 saturated carbocycles. The molecule has 120 valence electrons. The molecule has 13 heteroatoms. The molecule has 0 spiro atoms. The van der Waals surface area contributed by atoms with Crippen LogP contribution in [0.15, 0.2) is 0 Å². The SMILES string of the molecule is CO[C]1([Ge]([Cl])([Cl])[Cl])CCCC[C]1([Ge]([Cl])([Cl])[Cl])[Ge]([Cl])([Cl])[Cl]. The van der Waals surface area contributed by atoms with E-state index in [9.17, 15) is 0 Å². The summed E-state index contributed by atoms with van der Waals surface area (Å²) in [4.78, 5) is 0. The van der Waals surface area contributed by atoms with Gasteiger partial charge in [0.15, 0.2) is 0 Å². The van der Waals surface area contributed by atoms with Crippen molar-refractivity contribution in [2.75, 3.05) is 7.11 Å². The first-order valence-electron chi connectivity index (χ1n) is 5.52. The monoisotopic (exact) mass is 648 g/mol. The van der Waals surface area contributed by atoms with Crippen LogP contribution in [0.4, 0.5) is 0 Å². The molecule has 0 aromatic carbocycles. The molecular weight excluding hydrogens is 637 g/mol. The van der Waals surface area contributed by atoms with Crippen molar-refractivity contribution in [1.82, 2.24) is 0 Å². The van der Waals surface area contributed by atoms with Crippen molar-refractivity contribution in [2.24, 2.45) is 0 Å². The third-order valence-corrected chi connectivity index (χ3v) is 49.9. The molecule has 1 fully saturated rings. The van der Waals surface area contributed by atoms with Crippen molar-refractivity contribution >= 4 is 122 Å². The average molecular weight is 648 g/mol. The first-order chi connectivity index (χ1) is 8.77. The molecule has 1 aliphatic carbocycles.